The van der Waals surface area contributed by atoms with Crippen LogP contribution >= 0.6 is 0 Å². The molecule has 0 amide bonds. The summed E-state index contributed by atoms with van der Waals surface area (Å²) in [4.78, 5) is 0.0262. The van der Waals surface area contributed by atoms with Crippen molar-refractivity contribution in [2.24, 2.45) is 0 Å². The number of phenols is 1. The molecule has 6 heteroatoms. The topological polar surface area (TPSA) is 72.8 Å². The first-order valence-electron chi connectivity index (χ1n) is 5.80. The first kappa shape index (κ1) is 14.2. The fourth-order valence-corrected chi connectivity index (χ4v) is 2.51. The van der Waals surface area contributed by atoms with E-state index in [2.05, 4.69) is 0 Å². The number of hydrogen-bond acceptors (Lipinski definition) is 5. The van der Waals surface area contributed by atoms with E-state index in [9.17, 15) is 13.5 Å². The van der Waals surface area contributed by atoms with Gasteiger partial charge in [-0.3, -0.25) is 0 Å². The number of rotatable bonds is 4. The van der Waals surface area contributed by atoms with Crippen molar-refractivity contribution >= 4 is 10.1 Å². The van der Waals surface area contributed by atoms with Crippen molar-refractivity contribution in [3.8, 4) is 17.2 Å². The van der Waals surface area contributed by atoms with Crippen molar-refractivity contribution in [2.75, 3.05) is 7.11 Å². The van der Waals surface area contributed by atoms with Crippen molar-refractivity contribution in [1.29, 1.82) is 0 Å². The summed E-state index contributed by atoms with van der Waals surface area (Å²) in [5.74, 6) is -0.0472. The van der Waals surface area contributed by atoms with Crippen molar-refractivity contribution in [2.45, 2.75) is 11.8 Å². The lowest BCUT2D eigenvalue weighted by Crippen LogP contribution is -2.09. The zero-order valence-corrected chi connectivity index (χ0v) is 11.8. The average Bonchev–Trinajstić information content (AvgIpc) is 2.41. The molecular weight excluding hydrogens is 280 g/mol. The van der Waals surface area contributed by atoms with Crippen molar-refractivity contribution in [1.82, 2.24) is 0 Å². The molecule has 0 aliphatic rings. The summed E-state index contributed by atoms with van der Waals surface area (Å²) >= 11 is 0. The fourth-order valence-electron chi connectivity index (χ4n) is 1.57. The minimum Gasteiger partial charge on any atom is -0.504 e. The number of ether oxygens (including phenoxy) is 1. The van der Waals surface area contributed by atoms with Gasteiger partial charge in [-0.25, -0.2) is 0 Å². The summed E-state index contributed by atoms with van der Waals surface area (Å²) in [6, 6.07) is 10.4. The highest BCUT2D eigenvalue weighted by atomic mass is 32.2. The van der Waals surface area contributed by atoms with E-state index >= 15 is 0 Å². The minimum absolute atomic E-state index is 0.0262. The van der Waals surface area contributed by atoms with Crippen LogP contribution in [0.25, 0.3) is 0 Å². The molecule has 2 rings (SSSR count). The number of methoxy groups -OCH3 is 1. The third-order valence-electron chi connectivity index (χ3n) is 2.68. The van der Waals surface area contributed by atoms with Gasteiger partial charge in [-0.1, -0.05) is 17.7 Å². The van der Waals surface area contributed by atoms with E-state index in [1.54, 1.807) is 12.1 Å². The van der Waals surface area contributed by atoms with E-state index < -0.39 is 10.1 Å². The molecular formula is C14H14O5S. The van der Waals surface area contributed by atoms with Gasteiger partial charge < -0.3 is 14.0 Å². The van der Waals surface area contributed by atoms with E-state index in [0.29, 0.717) is 5.75 Å². The predicted molar refractivity (Wildman–Crippen MR) is 73.7 cm³/mol. The van der Waals surface area contributed by atoms with Crippen LogP contribution in [0, 0.1) is 6.92 Å². The van der Waals surface area contributed by atoms with Crippen LogP contribution in [-0.4, -0.2) is 20.6 Å². The summed E-state index contributed by atoms with van der Waals surface area (Å²) in [5, 5.41) is 9.71. The summed E-state index contributed by atoms with van der Waals surface area (Å²) in [6.07, 6.45) is 0. The van der Waals surface area contributed by atoms with Gasteiger partial charge >= 0.3 is 10.1 Å². The Bertz CT molecular complexity index is 705. The zero-order valence-electron chi connectivity index (χ0n) is 11.0. The second-order valence-corrected chi connectivity index (χ2v) is 5.73. The van der Waals surface area contributed by atoms with Crippen LogP contribution in [0.1, 0.15) is 5.56 Å². The van der Waals surface area contributed by atoms with Crippen molar-refractivity contribution in [3.63, 3.8) is 0 Å². The molecule has 5 nitrogen and oxygen atoms in total. The third-order valence-corrected chi connectivity index (χ3v) is 3.92. The first-order valence-corrected chi connectivity index (χ1v) is 7.21. The molecule has 0 spiro atoms. The average molecular weight is 294 g/mol. The summed E-state index contributed by atoms with van der Waals surface area (Å²) in [7, 11) is -2.53. The molecule has 0 aliphatic heterocycles. The normalized spacial score (nSPS) is 11.1. The maximum absolute atomic E-state index is 12.1. The number of aryl methyl sites for hydroxylation is 1. The lowest BCUT2D eigenvalue weighted by molar-refractivity contribution is 0.398. The largest absolute Gasteiger partial charge is 0.504 e. The fraction of sp³-hybridized carbons (Fsp3) is 0.143. The highest BCUT2D eigenvalue weighted by Crippen LogP contribution is 2.32. The van der Waals surface area contributed by atoms with Gasteiger partial charge in [0.05, 0.1) is 7.11 Å². The molecule has 2 aromatic rings. The molecule has 2 aromatic carbocycles. The van der Waals surface area contributed by atoms with Crippen LogP contribution in [0.3, 0.4) is 0 Å². The Kier molecular flexibility index (Phi) is 3.85. The van der Waals surface area contributed by atoms with Gasteiger partial charge in [0.2, 0.25) is 0 Å². The van der Waals surface area contributed by atoms with Gasteiger partial charge in [0.1, 0.15) is 10.6 Å². The molecule has 0 radical (unpaired) electrons. The molecule has 0 fully saturated rings. The van der Waals surface area contributed by atoms with E-state index in [1.165, 1.54) is 37.4 Å². The third kappa shape index (κ3) is 3.03. The highest BCUT2D eigenvalue weighted by molar-refractivity contribution is 7.87. The van der Waals surface area contributed by atoms with Gasteiger partial charge in [-0.15, -0.1) is 0 Å². The molecule has 0 unspecified atom stereocenters. The second kappa shape index (κ2) is 5.42. The lowest BCUT2D eigenvalue weighted by atomic mass is 10.2. The molecule has 20 heavy (non-hydrogen) atoms. The number of hydrogen-bond donors (Lipinski definition) is 1. The van der Waals surface area contributed by atoms with Crippen molar-refractivity contribution in [3.05, 3.63) is 48.0 Å². The van der Waals surface area contributed by atoms with Crippen LogP contribution < -0.4 is 8.92 Å². The highest BCUT2D eigenvalue weighted by Gasteiger charge is 2.18. The Morgan fingerprint density at radius 2 is 1.70 bits per heavy atom. The molecule has 0 atom stereocenters. The molecule has 0 aromatic heterocycles. The van der Waals surface area contributed by atoms with Crippen LogP contribution in [0.4, 0.5) is 0 Å². The van der Waals surface area contributed by atoms with Crippen molar-refractivity contribution < 1.29 is 22.4 Å². The van der Waals surface area contributed by atoms with Gasteiger partial charge in [-0.2, -0.15) is 8.42 Å². The Morgan fingerprint density at radius 3 is 2.25 bits per heavy atom. The molecule has 0 saturated carbocycles. The molecule has 0 bridgehead atoms. The predicted octanol–water partition coefficient (Wildman–Crippen LogP) is 2.48. The molecule has 0 aliphatic carbocycles. The molecule has 1 N–H and O–H groups in total. The van der Waals surface area contributed by atoms with E-state index in [-0.39, 0.29) is 16.4 Å². The monoisotopic (exact) mass is 294 g/mol. The standard InChI is InChI=1S/C14H14O5S/c1-10-3-6-12(7-4-10)20(16,17)19-14-8-5-11(18-2)9-13(14)15/h3-9,15H,1-2H3. The number of aromatic hydroxyl groups is 1. The Labute approximate surface area is 117 Å². The Hall–Kier alpha value is -2.21. The maximum Gasteiger partial charge on any atom is 0.339 e. The quantitative estimate of drug-likeness (QED) is 0.877. The van der Waals surface area contributed by atoms with Crippen LogP contribution in [0.5, 0.6) is 17.2 Å². The van der Waals surface area contributed by atoms with Crippen LogP contribution in [-0.2, 0) is 10.1 Å². The van der Waals surface area contributed by atoms with E-state index in [1.807, 2.05) is 6.92 Å². The number of phenolic OH excluding ortho intramolecular Hbond substituents is 1. The first-order chi connectivity index (χ1) is 9.42. The summed E-state index contributed by atoms with van der Waals surface area (Å²) in [6.45, 7) is 1.85. The zero-order chi connectivity index (χ0) is 14.8. The molecule has 106 valence electrons. The van der Waals surface area contributed by atoms with E-state index in [0.717, 1.165) is 5.56 Å². The minimum atomic E-state index is -3.97. The summed E-state index contributed by atoms with van der Waals surface area (Å²) in [5.41, 5.74) is 0.941. The summed E-state index contributed by atoms with van der Waals surface area (Å²) < 4.78 is 33.9. The SMILES string of the molecule is COc1ccc(OS(=O)(=O)c2ccc(C)cc2)c(O)c1. The Morgan fingerprint density at radius 1 is 1.05 bits per heavy atom. The molecule has 0 saturated heterocycles. The van der Waals surface area contributed by atoms with Crippen LogP contribution in [0.15, 0.2) is 47.4 Å². The maximum atomic E-state index is 12.1. The molecule has 0 heterocycles. The van der Waals surface area contributed by atoms with E-state index in [4.69, 9.17) is 8.92 Å². The number of benzene rings is 2. The van der Waals surface area contributed by atoms with Gasteiger partial charge in [-0.05, 0) is 31.2 Å². The van der Waals surface area contributed by atoms with Gasteiger partial charge in [0.25, 0.3) is 0 Å². The lowest BCUT2D eigenvalue weighted by Gasteiger charge is -2.09. The Balaban J connectivity index is 2.31. The van der Waals surface area contributed by atoms with Crippen LogP contribution in [0.2, 0.25) is 0 Å². The van der Waals surface area contributed by atoms with Gasteiger partial charge in [0.15, 0.2) is 11.5 Å². The second-order valence-electron chi connectivity index (χ2n) is 4.18. The smallest absolute Gasteiger partial charge is 0.339 e. The van der Waals surface area contributed by atoms with Gasteiger partial charge in [0, 0.05) is 6.07 Å².